The number of anilines is 1. The van der Waals surface area contributed by atoms with Crippen LogP contribution >= 0.6 is 0 Å². The van der Waals surface area contributed by atoms with Crippen LogP contribution in [-0.2, 0) is 20.9 Å². The maximum atomic E-state index is 13.3. The standard InChI is InChI=1S/C23H22N2O3/c1-3-18-19-20(23(28)25(22(19)27)17-12-8-5-9-13-17)21(15(2)26)24(18)14-16-10-6-4-7-11-16/h3-13,18-21H,1,14H2,2H3/t18-,19-,20-,21+/m0/s1. The van der Waals surface area contributed by atoms with Gasteiger partial charge in [0.25, 0.3) is 0 Å². The third-order valence-corrected chi connectivity index (χ3v) is 5.73. The molecule has 2 amide bonds. The van der Waals surface area contributed by atoms with Crippen molar-refractivity contribution >= 4 is 23.3 Å². The Hall–Kier alpha value is -3.05. The Morgan fingerprint density at radius 3 is 2.11 bits per heavy atom. The van der Waals surface area contributed by atoms with E-state index >= 15 is 0 Å². The number of rotatable bonds is 5. The number of nitrogens with zero attached hydrogens (tertiary/aromatic N) is 2. The van der Waals surface area contributed by atoms with E-state index in [0.717, 1.165) is 5.56 Å². The van der Waals surface area contributed by atoms with E-state index in [9.17, 15) is 14.4 Å². The molecule has 142 valence electrons. The van der Waals surface area contributed by atoms with E-state index in [1.807, 2.05) is 41.3 Å². The number of imide groups is 1. The second-order valence-corrected chi connectivity index (χ2v) is 7.34. The fourth-order valence-corrected chi connectivity index (χ4v) is 4.60. The van der Waals surface area contributed by atoms with Crippen molar-refractivity contribution in [3.05, 3.63) is 78.9 Å². The average Bonchev–Trinajstić information content (AvgIpc) is 3.15. The van der Waals surface area contributed by atoms with Crippen molar-refractivity contribution in [3.63, 3.8) is 0 Å². The molecule has 4 rings (SSSR count). The van der Waals surface area contributed by atoms with Crippen molar-refractivity contribution in [3.8, 4) is 0 Å². The van der Waals surface area contributed by atoms with Crippen LogP contribution in [0.15, 0.2) is 73.3 Å². The van der Waals surface area contributed by atoms with Gasteiger partial charge in [0.05, 0.1) is 23.6 Å². The lowest BCUT2D eigenvalue weighted by Gasteiger charge is -2.30. The first-order valence-electron chi connectivity index (χ1n) is 9.40. The first-order valence-corrected chi connectivity index (χ1v) is 9.40. The van der Waals surface area contributed by atoms with Crippen molar-refractivity contribution < 1.29 is 14.4 Å². The first kappa shape index (κ1) is 18.3. The molecular formula is C23H22N2O3. The van der Waals surface area contributed by atoms with Crippen molar-refractivity contribution in [2.24, 2.45) is 11.8 Å². The lowest BCUT2D eigenvalue weighted by Crippen LogP contribution is -2.46. The van der Waals surface area contributed by atoms with E-state index in [4.69, 9.17) is 0 Å². The number of carbonyl (C=O) groups excluding carboxylic acids is 3. The highest BCUT2D eigenvalue weighted by Gasteiger charge is 2.62. The topological polar surface area (TPSA) is 57.7 Å². The molecule has 0 radical (unpaired) electrons. The SMILES string of the molecule is C=C[C@H]1[C@@H]2C(=O)N(c3ccccc3)C(=O)[C@@H]2[C@@H](C(C)=O)N1Cc1ccccc1. The summed E-state index contributed by atoms with van der Waals surface area (Å²) < 4.78 is 0. The average molecular weight is 374 g/mol. The normalized spacial score (nSPS) is 27.1. The molecule has 0 bridgehead atoms. The molecule has 4 atom stereocenters. The van der Waals surface area contributed by atoms with Crippen LogP contribution < -0.4 is 4.90 Å². The van der Waals surface area contributed by atoms with Crippen molar-refractivity contribution in [2.45, 2.75) is 25.6 Å². The fourth-order valence-electron chi connectivity index (χ4n) is 4.60. The van der Waals surface area contributed by atoms with Crippen molar-refractivity contribution in [2.75, 3.05) is 4.90 Å². The number of amides is 2. The van der Waals surface area contributed by atoms with Crippen LogP contribution in [0.1, 0.15) is 12.5 Å². The number of para-hydroxylation sites is 1. The van der Waals surface area contributed by atoms with Crippen LogP contribution in [-0.4, -0.2) is 34.6 Å². The Bertz CT molecular complexity index is 925. The Labute approximate surface area is 164 Å². The molecule has 2 aliphatic rings. The van der Waals surface area contributed by atoms with Crippen molar-refractivity contribution in [1.29, 1.82) is 0 Å². The molecule has 2 heterocycles. The number of fused-ring (bicyclic) bond motifs is 1. The number of likely N-dealkylation sites (tertiary alicyclic amines) is 1. The van der Waals surface area contributed by atoms with E-state index < -0.39 is 17.9 Å². The van der Waals surface area contributed by atoms with E-state index in [0.29, 0.717) is 12.2 Å². The molecule has 0 aliphatic carbocycles. The Balaban J connectivity index is 1.74. The number of hydrogen-bond acceptors (Lipinski definition) is 4. The van der Waals surface area contributed by atoms with Gasteiger partial charge >= 0.3 is 0 Å². The molecule has 2 aromatic rings. The molecule has 2 saturated heterocycles. The van der Waals surface area contributed by atoms with Gasteiger partial charge in [0.15, 0.2) is 0 Å². The Morgan fingerprint density at radius 2 is 1.54 bits per heavy atom. The van der Waals surface area contributed by atoms with Gasteiger partial charge in [-0.1, -0.05) is 54.6 Å². The number of benzene rings is 2. The van der Waals surface area contributed by atoms with Crippen LogP contribution in [0.4, 0.5) is 5.69 Å². The van der Waals surface area contributed by atoms with Gasteiger partial charge < -0.3 is 0 Å². The van der Waals surface area contributed by atoms with Crippen LogP contribution in [0, 0.1) is 11.8 Å². The number of carbonyl (C=O) groups is 3. The Kier molecular flexibility index (Phi) is 4.69. The zero-order chi connectivity index (χ0) is 19.8. The molecule has 0 saturated carbocycles. The number of Topliss-reactive ketones (excluding diaryl/α,β-unsaturated/α-hetero) is 1. The molecule has 0 unspecified atom stereocenters. The maximum Gasteiger partial charge on any atom is 0.239 e. The second-order valence-electron chi connectivity index (χ2n) is 7.34. The lowest BCUT2D eigenvalue weighted by atomic mass is 9.88. The summed E-state index contributed by atoms with van der Waals surface area (Å²) in [4.78, 5) is 42.3. The van der Waals surface area contributed by atoms with Crippen LogP contribution in [0.2, 0.25) is 0 Å². The molecule has 0 spiro atoms. The van der Waals surface area contributed by atoms with Gasteiger partial charge in [-0.05, 0) is 24.6 Å². The maximum absolute atomic E-state index is 13.3. The third kappa shape index (κ3) is 2.79. The number of hydrogen-bond donors (Lipinski definition) is 0. The summed E-state index contributed by atoms with van der Waals surface area (Å²) in [5, 5.41) is 0. The highest BCUT2D eigenvalue weighted by atomic mass is 16.2. The predicted molar refractivity (Wildman–Crippen MR) is 106 cm³/mol. The lowest BCUT2D eigenvalue weighted by molar-refractivity contribution is -0.129. The summed E-state index contributed by atoms with van der Waals surface area (Å²) >= 11 is 0. The minimum atomic E-state index is -0.683. The summed E-state index contributed by atoms with van der Waals surface area (Å²) in [5.41, 5.74) is 1.58. The fraction of sp³-hybridized carbons (Fsp3) is 0.261. The zero-order valence-corrected chi connectivity index (χ0v) is 15.7. The second kappa shape index (κ2) is 7.17. The summed E-state index contributed by atoms with van der Waals surface area (Å²) in [5.74, 6) is -1.94. The van der Waals surface area contributed by atoms with E-state index in [2.05, 4.69) is 6.58 Å². The van der Waals surface area contributed by atoms with Crippen molar-refractivity contribution in [1.82, 2.24) is 4.90 Å². The van der Waals surface area contributed by atoms with Gasteiger partial charge in [-0.25, -0.2) is 4.90 Å². The van der Waals surface area contributed by atoms with Gasteiger partial charge in [0.2, 0.25) is 11.8 Å². The van der Waals surface area contributed by atoms with E-state index in [1.54, 1.807) is 30.3 Å². The monoisotopic (exact) mass is 374 g/mol. The van der Waals surface area contributed by atoms with E-state index in [-0.39, 0.29) is 23.6 Å². The minimum Gasteiger partial charge on any atom is -0.298 e. The zero-order valence-electron chi connectivity index (χ0n) is 15.7. The van der Waals surface area contributed by atoms with Gasteiger partial charge in [0, 0.05) is 12.6 Å². The third-order valence-electron chi connectivity index (χ3n) is 5.73. The molecule has 5 nitrogen and oxygen atoms in total. The molecule has 2 aromatic carbocycles. The van der Waals surface area contributed by atoms with Gasteiger partial charge in [-0.15, -0.1) is 6.58 Å². The summed E-state index contributed by atoms with van der Waals surface area (Å²) in [6, 6.07) is 17.6. The number of ketones is 1. The predicted octanol–water partition coefficient (Wildman–Crippen LogP) is 2.82. The first-order chi connectivity index (χ1) is 13.5. The largest absolute Gasteiger partial charge is 0.298 e. The molecule has 2 fully saturated rings. The molecular weight excluding hydrogens is 352 g/mol. The van der Waals surface area contributed by atoms with Crippen LogP contribution in [0.25, 0.3) is 0 Å². The van der Waals surface area contributed by atoms with Gasteiger partial charge in [0.1, 0.15) is 5.78 Å². The van der Waals surface area contributed by atoms with Gasteiger partial charge in [-0.3, -0.25) is 19.3 Å². The van der Waals surface area contributed by atoms with Crippen LogP contribution in [0.3, 0.4) is 0 Å². The summed E-state index contributed by atoms with van der Waals surface area (Å²) in [7, 11) is 0. The molecule has 0 aromatic heterocycles. The summed E-state index contributed by atoms with van der Waals surface area (Å²) in [6.07, 6.45) is 1.70. The quantitative estimate of drug-likeness (QED) is 0.597. The highest BCUT2D eigenvalue weighted by Crippen LogP contribution is 2.45. The molecule has 0 N–H and O–H groups in total. The minimum absolute atomic E-state index is 0.105. The molecule has 28 heavy (non-hydrogen) atoms. The molecule has 2 aliphatic heterocycles. The van der Waals surface area contributed by atoms with Gasteiger partial charge in [-0.2, -0.15) is 0 Å². The highest BCUT2D eigenvalue weighted by molar-refractivity contribution is 6.24. The van der Waals surface area contributed by atoms with E-state index in [1.165, 1.54) is 11.8 Å². The summed E-state index contributed by atoms with van der Waals surface area (Å²) in [6.45, 7) is 5.89. The Morgan fingerprint density at radius 1 is 0.964 bits per heavy atom. The van der Waals surface area contributed by atoms with Crippen LogP contribution in [0.5, 0.6) is 0 Å². The smallest absolute Gasteiger partial charge is 0.239 e. The molecule has 5 heteroatoms.